The third kappa shape index (κ3) is 6.12. The third-order valence-corrected chi connectivity index (χ3v) is 4.45. The smallest absolute Gasteiger partial charge is 0.248 e. The SMILES string of the molecule is CCNC(=NCc1nc(-c2cccc(Cl)c2)no1)NC1CCCCC1.I. The van der Waals surface area contributed by atoms with Gasteiger partial charge in [-0.05, 0) is 31.9 Å². The summed E-state index contributed by atoms with van der Waals surface area (Å²) in [6.07, 6.45) is 6.29. The number of nitrogens with zero attached hydrogens (tertiary/aromatic N) is 3. The lowest BCUT2D eigenvalue weighted by Crippen LogP contribution is -2.44. The van der Waals surface area contributed by atoms with E-state index in [1.165, 1.54) is 32.1 Å². The first kappa shape index (κ1) is 21.0. The second kappa shape index (κ2) is 10.7. The minimum absolute atomic E-state index is 0. The molecule has 0 atom stereocenters. The fraction of sp³-hybridized carbons (Fsp3) is 0.500. The number of aromatic nitrogens is 2. The fourth-order valence-electron chi connectivity index (χ4n) is 2.97. The van der Waals surface area contributed by atoms with E-state index >= 15 is 0 Å². The molecule has 1 aliphatic carbocycles. The molecule has 3 rings (SSSR count). The zero-order valence-corrected chi connectivity index (χ0v) is 18.0. The molecule has 26 heavy (non-hydrogen) atoms. The maximum Gasteiger partial charge on any atom is 0.248 e. The molecule has 1 fully saturated rings. The molecule has 0 unspecified atom stereocenters. The molecule has 0 aliphatic heterocycles. The van der Waals surface area contributed by atoms with Crippen LogP contribution in [0.15, 0.2) is 33.8 Å². The summed E-state index contributed by atoms with van der Waals surface area (Å²) in [5.41, 5.74) is 0.832. The molecule has 1 aliphatic rings. The van der Waals surface area contributed by atoms with Crippen molar-refractivity contribution in [3.8, 4) is 11.4 Å². The van der Waals surface area contributed by atoms with Crippen LogP contribution in [0.3, 0.4) is 0 Å². The van der Waals surface area contributed by atoms with E-state index in [1.807, 2.05) is 24.3 Å². The predicted molar refractivity (Wildman–Crippen MR) is 115 cm³/mol. The zero-order valence-electron chi connectivity index (χ0n) is 14.9. The second-order valence-corrected chi connectivity index (χ2v) is 6.63. The summed E-state index contributed by atoms with van der Waals surface area (Å²) in [6.45, 7) is 3.22. The van der Waals surface area contributed by atoms with Crippen LogP contribution < -0.4 is 10.6 Å². The Hall–Kier alpha value is -1.35. The summed E-state index contributed by atoms with van der Waals surface area (Å²) in [5.74, 6) is 1.81. The van der Waals surface area contributed by atoms with Crippen molar-refractivity contribution >= 4 is 41.5 Å². The molecule has 0 radical (unpaired) electrons. The van der Waals surface area contributed by atoms with E-state index in [0.717, 1.165) is 18.1 Å². The molecule has 6 nitrogen and oxygen atoms in total. The Kier molecular flexibility index (Phi) is 8.64. The van der Waals surface area contributed by atoms with Gasteiger partial charge in [0, 0.05) is 23.2 Å². The Morgan fingerprint density at radius 2 is 2.12 bits per heavy atom. The van der Waals surface area contributed by atoms with Crippen LogP contribution in [0.4, 0.5) is 0 Å². The molecule has 0 spiro atoms. The number of guanidine groups is 1. The summed E-state index contributed by atoms with van der Waals surface area (Å²) in [7, 11) is 0. The van der Waals surface area contributed by atoms with Crippen molar-refractivity contribution in [2.45, 2.75) is 51.6 Å². The largest absolute Gasteiger partial charge is 0.357 e. The normalized spacial score (nSPS) is 15.4. The minimum atomic E-state index is 0. The highest BCUT2D eigenvalue weighted by Crippen LogP contribution is 2.20. The number of halogens is 2. The third-order valence-electron chi connectivity index (χ3n) is 4.21. The predicted octanol–water partition coefficient (Wildman–Crippen LogP) is 4.40. The number of rotatable bonds is 5. The zero-order chi connectivity index (χ0) is 17.5. The van der Waals surface area contributed by atoms with Crippen molar-refractivity contribution < 1.29 is 4.52 Å². The molecule has 1 aromatic carbocycles. The topological polar surface area (TPSA) is 75.3 Å². The molecular formula is C18H25ClIN5O. The van der Waals surface area contributed by atoms with Gasteiger partial charge in [0.2, 0.25) is 11.7 Å². The van der Waals surface area contributed by atoms with Crippen LogP contribution in [0.25, 0.3) is 11.4 Å². The lowest BCUT2D eigenvalue weighted by molar-refractivity contribution is 0.379. The number of hydrogen-bond donors (Lipinski definition) is 2. The first-order chi connectivity index (χ1) is 12.2. The summed E-state index contributed by atoms with van der Waals surface area (Å²) >= 11 is 6.01. The van der Waals surface area contributed by atoms with Crippen LogP contribution in [0, 0.1) is 0 Å². The van der Waals surface area contributed by atoms with Crippen molar-refractivity contribution in [2.75, 3.05) is 6.54 Å². The Bertz CT molecular complexity index is 715. The average Bonchev–Trinajstić information content (AvgIpc) is 3.10. The van der Waals surface area contributed by atoms with Gasteiger partial charge in [0.15, 0.2) is 5.96 Å². The van der Waals surface area contributed by atoms with Crippen LogP contribution in [-0.2, 0) is 6.54 Å². The molecule has 1 aromatic heterocycles. The number of benzene rings is 1. The van der Waals surface area contributed by atoms with Crippen LogP contribution >= 0.6 is 35.6 Å². The van der Waals surface area contributed by atoms with Crippen molar-refractivity contribution in [1.82, 2.24) is 20.8 Å². The first-order valence-electron chi connectivity index (χ1n) is 8.88. The van der Waals surface area contributed by atoms with Gasteiger partial charge in [-0.25, -0.2) is 4.99 Å². The molecule has 8 heteroatoms. The lowest BCUT2D eigenvalue weighted by Gasteiger charge is -2.24. The Morgan fingerprint density at radius 3 is 2.85 bits per heavy atom. The first-order valence-corrected chi connectivity index (χ1v) is 9.26. The fourth-order valence-corrected chi connectivity index (χ4v) is 3.16. The number of nitrogens with one attached hydrogen (secondary N) is 2. The van der Waals surface area contributed by atoms with Crippen molar-refractivity contribution in [3.05, 3.63) is 35.2 Å². The van der Waals surface area contributed by atoms with Gasteiger partial charge in [0.1, 0.15) is 6.54 Å². The van der Waals surface area contributed by atoms with Crippen molar-refractivity contribution in [3.63, 3.8) is 0 Å². The maximum atomic E-state index is 6.01. The van der Waals surface area contributed by atoms with Crippen LogP contribution in [0.2, 0.25) is 5.02 Å². The van der Waals surface area contributed by atoms with Gasteiger partial charge >= 0.3 is 0 Å². The lowest BCUT2D eigenvalue weighted by atomic mass is 9.96. The van der Waals surface area contributed by atoms with Gasteiger partial charge < -0.3 is 15.2 Å². The molecule has 1 heterocycles. The van der Waals surface area contributed by atoms with E-state index in [0.29, 0.717) is 29.3 Å². The number of hydrogen-bond acceptors (Lipinski definition) is 4. The van der Waals surface area contributed by atoms with E-state index in [-0.39, 0.29) is 24.0 Å². The summed E-state index contributed by atoms with van der Waals surface area (Å²) in [4.78, 5) is 8.98. The van der Waals surface area contributed by atoms with E-state index in [1.54, 1.807) is 0 Å². The molecular weight excluding hydrogens is 465 g/mol. The van der Waals surface area contributed by atoms with Crippen LogP contribution in [-0.4, -0.2) is 28.7 Å². The van der Waals surface area contributed by atoms with Gasteiger partial charge in [-0.15, -0.1) is 24.0 Å². The van der Waals surface area contributed by atoms with Crippen molar-refractivity contribution in [2.24, 2.45) is 4.99 Å². The van der Waals surface area contributed by atoms with Gasteiger partial charge in [-0.3, -0.25) is 0 Å². The van der Waals surface area contributed by atoms with E-state index in [2.05, 4.69) is 32.7 Å². The van der Waals surface area contributed by atoms with E-state index < -0.39 is 0 Å². The summed E-state index contributed by atoms with van der Waals surface area (Å²) in [5, 5.41) is 11.4. The number of aliphatic imine (C=N–C) groups is 1. The highest BCUT2D eigenvalue weighted by Gasteiger charge is 2.15. The van der Waals surface area contributed by atoms with Crippen molar-refractivity contribution in [1.29, 1.82) is 0 Å². The molecule has 0 saturated heterocycles. The molecule has 2 N–H and O–H groups in total. The second-order valence-electron chi connectivity index (χ2n) is 6.20. The molecule has 142 valence electrons. The monoisotopic (exact) mass is 489 g/mol. The van der Waals surface area contributed by atoms with Gasteiger partial charge in [0.25, 0.3) is 0 Å². The van der Waals surface area contributed by atoms with E-state index in [4.69, 9.17) is 16.1 Å². The highest BCUT2D eigenvalue weighted by atomic mass is 127. The van der Waals surface area contributed by atoms with Gasteiger partial charge in [-0.1, -0.05) is 48.2 Å². The summed E-state index contributed by atoms with van der Waals surface area (Å²) < 4.78 is 5.31. The Labute approximate surface area is 176 Å². The minimum Gasteiger partial charge on any atom is -0.357 e. The average molecular weight is 490 g/mol. The summed E-state index contributed by atoms with van der Waals surface area (Å²) in [6, 6.07) is 7.89. The molecule has 2 aromatic rings. The van der Waals surface area contributed by atoms with Crippen LogP contribution in [0.1, 0.15) is 44.9 Å². The standard InChI is InChI=1S/C18H24ClN5O.HI/c1-2-20-18(22-15-9-4-3-5-10-15)21-12-16-23-17(24-25-16)13-7-6-8-14(19)11-13;/h6-8,11,15H,2-5,9-10,12H2,1H3,(H2,20,21,22);1H. The van der Waals surface area contributed by atoms with E-state index in [9.17, 15) is 0 Å². The Balaban J connectivity index is 0.00000243. The molecule has 0 amide bonds. The van der Waals surface area contributed by atoms with Gasteiger partial charge in [0.05, 0.1) is 0 Å². The van der Waals surface area contributed by atoms with Crippen LogP contribution in [0.5, 0.6) is 0 Å². The quantitative estimate of drug-likeness (QED) is 0.370. The van der Waals surface area contributed by atoms with Gasteiger partial charge in [-0.2, -0.15) is 4.98 Å². The molecule has 0 bridgehead atoms. The maximum absolute atomic E-state index is 6.01. The Morgan fingerprint density at radius 1 is 1.31 bits per heavy atom. The highest BCUT2D eigenvalue weighted by molar-refractivity contribution is 14.0. The molecule has 1 saturated carbocycles.